The Balaban J connectivity index is 3.01. The Labute approximate surface area is 128 Å². The molecular formula is C13H12F4N2O4. The van der Waals surface area contributed by atoms with Crippen molar-refractivity contribution in [3.05, 3.63) is 36.0 Å². The summed E-state index contributed by atoms with van der Waals surface area (Å²) in [7, 11) is 2.19. The number of anilines is 1. The molecule has 0 saturated heterocycles. The zero-order valence-electron chi connectivity index (χ0n) is 12.0. The summed E-state index contributed by atoms with van der Waals surface area (Å²) in [6.45, 7) is 0. The van der Waals surface area contributed by atoms with Gasteiger partial charge in [0.2, 0.25) is 0 Å². The standard InChI is InChI=1S/C13H12F4N2O4/c1-22-10-4-3-8(13(14,15)16)7-9(10)19(17)12(21)18-6-5-11(20)23-2/h3-7H,1-2H3,(H,18,21)/b6-5+. The number of carbonyl (C=O) groups excluding carboxylic acids is 2. The highest BCUT2D eigenvalue weighted by molar-refractivity contribution is 5.92. The molecule has 126 valence electrons. The van der Waals surface area contributed by atoms with Gasteiger partial charge in [0.25, 0.3) is 0 Å². The number of rotatable bonds is 4. The highest BCUT2D eigenvalue weighted by Crippen LogP contribution is 2.36. The first-order valence-electron chi connectivity index (χ1n) is 5.96. The first-order chi connectivity index (χ1) is 10.7. The number of carbonyl (C=O) groups is 2. The number of hydrogen-bond acceptors (Lipinski definition) is 4. The number of benzene rings is 1. The van der Waals surface area contributed by atoms with Crippen molar-refractivity contribution in [1.82, 2.24) is 5.32 Å². The van der Waals surface area contributed by atoms with Crippen LogP contribution in [0.4, 0.5) is 28.1 Å². The Morgan fingerprint density at radius 2 is 1.91 bits per heavy atom. The minimum absolute atomic E-state index is 0.285. The van der Waals surface area contributed by atoms with Crippen LogP contribution in [0.3, 0.4) is 0 Å². The Morgan fingerprint density at radius 1 is 1.26 bits per heavy atom. The summed E-state index contributed by atoms with van der Waals surface area (Å²) >= 11 is 0. The maximum Gasteiger partial charge on any atom is 0.416 e. The number of halogens is 4. The number of nitrogens with zero attached hydrogens (tertiary/aromatic N) is 1. The smallest absolute Gasteiger partial charge is 0.416 e. The number of methoxy groups -OCH3 is 2. The molecule has 0 atom stereocenters. The largest absolute Gasteiger partial charge is 0.494 e. The van der Waals surface area contributed by atoms with Crippen LogP contribution in [0.5, 0.6) is 5.75 Å². The topological polar surface area (TPSA) is 67.9 Å². The fraction of sp³-hybridized carbons (Fsp3) is 0.231. The molecule has 0 aliphatic carbocycles. The second kappa shape index (κ2) is 7.47. The number of ether oxygens (including phenoxy) is 2. The number of esters is 1. The average molecular weight is 336 g/mol. The lowest BCUT2D eigenvalue weighted by molar-refractivity contribution is -0.137. The molecule has 0 radical (unpaired) electrons. The predicted molar refractivity (Wildman–Crippen MR) is 71.3 cm³/mol. The van der Waals surface area contributed by atoms with E-state index in [9.17, 15) is 27.2 Å². The van der Waals surface area contributed by atoms with Gasteiger partial charge in [-0.25, -0.2) is 9.59 Å². The van der Waals surface area contributed by atoms with Crippen LogP contribution in [0.2, 0.25) is 0 Å². The van der Waals surface area contributed by atoms with Gasteiger partial charge in [0, 0.05) is 12.3 Å². The molecule has 1 aromatic carbocycles. The quantitative estimate of drug-likeness (QED) is 0.397. The summed E-state index contributed by atoms with van der Waals surface area (Å²) in [5, 5.41) is 1.28. The van der Waals surface area contributed by atoms with E-state index in [-0.39, 0.29) is 5.75 Å². The highest BCUT2D eigenvalue weighted by atomic mass is 19.4. The van der Waals surface area contributed by atoms with Gasteiger partial charge in [0.1, 0.15) is 11.4 Å². The lowest BCUT2D eigenvalue weighted by Gasteiger charge is -2.17. The molecule has 0 bridgehead atoms. The molecule has 2 amide bonds. The van der Waals surface area contributed by atoms with E-state index < -0.39 is 34.5 Å². The normalized spacial score (nSPS) is 11.2. The van der Waals surface area contributed by atoms with E-state index >= 15 is 0 Å². The summed E-state index contributed by atoms with van der Waals surface area (Å²) in [6, 6.07) is 0.554. The summed E-state index contributed by atoms with van der Waals surface area (Å²) < 4.78 is 60.9. The van der Waals surface area contributed by atoms with Crippen LogP contribution in [0.25, 0.3) is 0 Å². The highest BCUT2D eigenvalue weighted by Gasteiger charge is 2.32. The van der Waals surface area contributed by atoms with Crippen molar-refractivity contribution in [2.24, 2.45) is 0 Å². The summed E-state index contributed by atoms with van der Waals surface area (Å²) in [4.78, 5) is 22.3. The van der Waals surface area contributed by atoms with Gasteiger partial charge in [-0.05, 0) is 18.2 Å². The number of nitrogens with one attached hydrogen (secondary N) is 1. The van der Waals surface area contributed by atoms with E-state index in [1.165, 1.54) is 0 Å². The predicted octanol–water partition coefficient (Wildman–Crippen LogP) is 2.80. The molecule has 6 nitrogen and oxygen atoms in total. The van der Waals surface area contributed by atoms with E-state index in [0.717, 1.165) is 32.6 Å². The third-order valence-corrected chi connectivity index (χ3v) is 2.52. The monoisotopic (exact) mass is 336 g/mol. The van der Waals surface area contributed by atoms with Gasteiger partial charge in [0.05, 0.1) is 19.8 Å². The molecule has 0 aromatic heterocycles. The SMILES string of the molecule is COC(=O)/C=C/NC(=O)N(F)c1cc(C(F)(F)F)ccc1OC. The average Bonchev–Trinajstić information content (AvgIpc) is 2.52. The van der Waals surface area contributed by atoms with Gasteiger partial charge < -0.3 is 14.8 Å². The second-order valence-corrected chi connectivity index (χ2v) is 3.97. The van der Waals surface area contributed by atoms with Gasteiger partial charge in [-0.3, -0.25) is 0 Å². The van der Waals surface area contributed by atoms with E-state index in [1.807, 2.05) is 5.32 Å². The van der Waals surface area contributed by atoms with Gasteiger partial charge in [-0.1, -0.05) is 4.48 Å². The van der Waals surface area contributed by atoms with Crippen LogP contribution in [0, 0.1) is 0 Å². The lowest BCUT2D eigenvalue weighted by atomic mass is 10.2. The van der Waals surface area contributed by atoms with E-state index in [4.69, 9.17) is 4.74 Å². The molecule has 10 heteroatoms. The molecule has 1 rings (SSSR count). The molecule has 0 spiro atoms. The number of urea groups is 1. The first-order valence-corrected chi connectivity index (χ1v) is 5.96. The Morgan fingerprint density at radius 3 is 2.43 bits per heavy atom. The van der Waals surface area contributed by atoms with Crippen molar-refractivity contribution < 1.29 is 36.7 Å². The fourth-order valence-corrected chi connectivity index (χ4v) is 1.43. The molecule has 0 unspecified atom stereocenters. The van der Waals surface area contributed by atoms with Crippen molar-refractivity contribution in [1.29, 1.82) is 0 Å². The first kappa shape index (κ1) is 18.3. The van der Waals surface area contributed by atoms with Crippen LogP contribution < -0.4 is 15.2 Å². The maximum atomic E-state index is 14.0. The molecule has 0 fully saturated rings. The van der Waals surface area contributed by atoms with Crippen molar-refractivity contribution in [3.8, 4) is 5.75 Å². The van der Waals surface area contributed by atoms with E-state index in [1.54, 1.807) is 0 Å². The Hall–Kier alpha value is -2.78. The molecule has 1 aromatic rings. The lowest BCUT2D eigenvalue weighted by Crippen LogP contribution is -2.31. The minimum Gasteiger partial charge on any atom is -0.494 e. The molecule has 1 N–H and O–H groups in total. The molecular weight excluding hydrogens is 324 g/mol. The molecule has 0 heterocycles. The zero-order valence-corrected chi connectivity index (χ0v) is 12.0. The Bertz CT molecular complexity index is 616. The van der Waals surface area contributed by atoms with Crippen molar-refractivity contribution in [2.45, 2.75) is 6.18 Å². The number of alkyl halides is 3. The van der Waals surface area contributed by atoms with Crippen LogP contribution >= 0.6 is 0 Å². The van der Waals surface area contributed by atoms with Crippen LogP contribution in [-0.2, 0) is 15.7 Å². The number of hydrogen-bond donors (Lipinski definition) is 1. The van der Waals surface area contributed by atoms with E-state index in [0.29, 0.717) is 12.1 Å². The van der Waals surface area contributed by atoms with Crippen LogP contribution in [-0.4, -0.2) is 26.2 Å². The summed E-state index contributed by atoms with van der Waals surface area (Å²) in [6.07, 6.45) is -3.15. The summed E-state index contributed by atoms with van der Waals surface area (Å²) in [5.74, 6) is -1.10. The van der Waals surface area contributed by atoms with Gasteiger partial charge in [0.15, 0.2) is 0 Å². The third kappa shape index (κ3) is 4.87. The van der Waals surface area contributed by atoms with Gasteiger partial charge >= 0.3 is 18.2 Å². The Kier molecular flexibility index (Phi) is 5.94. The third-order valence-electron chi connectivity index (χ3n) is 2.52. The zero-order chi connectivity index (χ0) is 17.6. The fourth-order valence-electron chi connectivity index (χ4n) is 1.43. The minimum atomic E-state index is -4.72. The number of amides is 2. The molecule has 0 aliphatic rings. The van der Waals surface area contributed by atoms with E-state index in [2.05, 4.69) is 4.74 Å². The van der Waals surface area contributed by atoms with Gasteiger partial charge in [-0.2, -0.15) is 13.2 Å². The van der Waals surface area contributed by atoms with Gasteiger partial charge in [-0.15, -0.1) is 5.12 Å². The van der Waals surface area contributed by atoms with Crippen LogP contribution in [0.15, 0.2) is 30.5 Å². The molecule has 0 saturated carbocycles. The molecule has 0 aliphatic heterocycles. The van der Waals surface area contributed by atoms with Crippen LogP contribution in [0.1, 0.15) is 5.56 Å². The van der Waals surface area contributed by atoms with Crippen molar-refractivity contribution >= 4 is 17.7 Å². The van der Waals surface area contributed by atoms with Crippen molar-refractivity contribution in [3.63, 3.8) is 0 Å². The summed E-state index contributed by atoms with van der Waals surface area (Å²) in [5.41, 5.74) is -1.90. The molecule has 23 heavy (non-hydrogen) atoms. The maximum absolute atomic E-state index is 14.0. The second-order valence-electron chi connectivity index (χ2n) is 3.97. The van der Waals surface area contributed by atoms with Crippen molar-refractivity contribution in [2.75, 3.05) is 19.3 Å².